The van der Waals surface area contributed by atoms with Gasteiger partial charge in [-0.2, -0.15) is 19.9 Å². The molecule has 8 aromatic heterocycles. The minimum Gasteiger partial charge on any atom is -0.488 e. The number of fused-ring (bicyclic) bond motifs is 16. The van der Waals surface area contributed by atoms with Crippen molar-refractivity contribution < 1.29 is 27.0 Å². The lowest BCUT2D eigenvalue weighted by molar-refractivity contribution is 0.313. The summed E-state index contributed by atoms with van der Waals surface area (Å²) in [6.07, 6.45) is 12.5. The van der Waals surface area contributed by atoms with Crippen molar-refractivity contribution in [3.8, 4) is 58.9 Å². The van der Waals surface area contributed by atoms with Gasteiger partial charge in [0.25, 0.3) is 23.1 Å². The van der Waals surface area contributed by atoms with E-state index in [2.05, 4.69) is 191 Å². The number of anilines is 8. The molecule has 0 radical (unpaired) electrons. The van der Waals surface area contributed by atoms with Gasteiger partial charge in [-0.15, -0.1) is 40.8 Å². The fraction of sp³-hybridized carbons (Fsp3) is 0.277. The maximum Gasteiger partial charge on any atom is 0.257 e. The Morgan fingerprint density at radius 1 is 0.375 bits per heavy atom. The van der Waals surface area contributed by atoms with Gasteiger partial charge in [0.2, 0.25) is 0 Å². The molecule has 12 heterocycles. The van der Waals surface area contributed by atoms with Crippen LogP contribution in [0.4, 0.5) is 63.6 Å². The molecule has 120 heavy (non-hydrogen) atoms. The highest BCUT2D eigenvalue weighted by molar-refractivity contribution is 5.98. The Balaban J connectivity index is 0.000000110. The molecule has 0 spiro atoms. The van der Waals surface area contributed by atoms with Gasteiger partial charge in [0.05, 0.1) is 68.4 Å². The van der Waals surface area contributed by atoms with E-state index in [0.29, 0.717) is 117 Å². The van der Waals surface area contributed by atoms with Gasteiger partial charge in [0, 0.05) is 68.0 Å². The SMILES string of the molecule is CC(C)(C)C#Cc1cccc2c1CCCN2c1nc2nncn2c2cccc(F)c12.CC(C)(C)C#Cc1cccc2c1OCCN2c1nc2nncn2c2ccc(F)cc12.CC(C)(C)C#Cc1cccc2c1OCCN2c1nc2nncn2c2ccc(F)cc12.CC1(C#Cc2cccc3c2CCCN3c2nc3nncn3c3cccc(F)c23)CC1. The number of aromatic nitrogens is 16. The zero-order valence-electron chi connectivity index (χ0n) is 67.9. The second kappa shape index (κ2) is 30.7. The molecule has 21 rings (SSSR count). The first-order chi connectivity index (χ1) is 57.9. The monoisotopic (exact) mass is 1600 g/mol. The third-order valence-corrected chi connectivity index (χ3v) is 21.2. The number of rotatable bonds is 4. The van der Waals surface area contributed by atoms with E-state index >= 15 is 4.39 Å². The third kappa shape index (κ3) is 15.2. The predicted molar refractivity (Wildman–Crippen MR) is 458 cm³/mol. The van der Waals surface area contributed by atoms with Gasteiger partial charge in [-0.3, -0.25) is 17.6 Å². The second-order valence-electron chi connectivity index (χ2n) is 33.6. The molecule has 598 valence electrons. The van der Waals surface area contributed by atoms with E-state index in [1.165, 1.54) is 60.4 Å². The highest BCUT2D eigenvalue weighted by Crippen LogP contribution is 2.47. The van der Waals surface area contributed by atoms with E-state index in [1.54, 1.807) is 67.2 Å². The first-order valence-electron chi connectivity index (χ1n) is 40.0. The molecule has 0 atom stereocenters. The van der Waals surface area contributed by atoms with E-state index < -0.39 is 0 Å². The molecule has 16 aromatic rings. The number of ether oxygens (including phenoxy) is 2. The molecule has 22 nitrogen and oxygen atoms in total. The summed E-state index contributed by atoms with van der Waals surface area (Å²) >= 11 is 0. The minimum atomic E-state index is -0.323. The number of benzene rings is 8. The fourth-order valence-corrected chi connectivity index (χ4v) is 15.3. The molecule has 5 aliphatic rings. The van der Waals surface area contributed by atoms with Gasteiger partial charge in [-0.1, -0.05) is 83.8 Å². The molecule has 4 aliphatic heterocycles. The lowest BCUT2D eigenvalue weighted by Crippen LogP contribution is -2.30. The van der Waals surface area contributed by atoms with Crippen molar-refractivity contribution in [2.45, 2.75) is 108 Å². The molecular weight excluding hydrogens is 1520 g/mol. The van der Waals surface area contributed by atoms with Crippen LogP contribution in [0, 0.1) is 92.3 Å². The predicted octanol–water partition coefficient (Wildman–Crippen LogP) is 18.2. The zero-order chi connectivity index (χ0) is 82.9. The Labute approximate surface area is 689 Å². The third-order valence-electron chi connectivity index (χ3n) is 21.2. The van der Waals surface area contributed by atoms with E-state index in [-0.39, 0.29) is 44.9 Å². The molecule has 0 bridgehead atoms. The number of hydrogen-bond acceptors (Lipinski definition) is 18. The maximum atomic E-state index is 15.0. The molecule has 0 amide bonds. The standard InChI is InChI=1S/C24H20FN5.C24H22FN5.2C23H20FN5O/c1-24(12-13-24)11-10-16-5-2-8-19-17(16)6-4-14-29(19)22-21-18(25)7-3-9-20(21)30-15-26-28-23(30)27-22;1-24(2,3)13-12-16-7-4-10-19-17(16)8-6-14-29(19)22-21-18(25)9-5-11-20(21)30-15-26-28-23(30)27-22;2*1-23(2,3)10-9-15-5-4-6-19-20(15)30-12-11-28(19)21-17-13-16(24)7-8-18(17)29-14-25-27-22(29)26-21/h2-3,5,7-9,15H,4,6,12-14H2,1H3;4-5,7,9-11,15H,6,8,14H2,1-3H3;2*4-8,13-14H,11-12H2,1-3H3. The number of halogens is 4. The van der Waals surface area contributed by atoms with Crippen molar-refractivity contribution in [1.82, 2.24) is 78.3 Å². The molecule has 1 saturated carbocycles. The molecule has 0 unspecified atom stereocenters. The van der Waals surface area contributed by atoms with Crippen LogP contribution >= 0.6 is 0 Å². The van der Waals surface area contributed by atoms with E-state index in [9.17, 15) is 13.2 Å². The highest BCUT2D eigenvalue weighted by atomic mass is 19.1. The van der Waals surface area contributed by atoms with Crippen LogP contribution in [0.5, 0.6) is 11.5 Å². The average Bonchev–Trinajstić information content (AvgIpc) is 1.15. The first kappa shape index (κ1) is 77.0. The summed E-state index contributed by atoms with van der Waals surface area (Å²) in [7, 11) is 0. The van der Waals surface area contributed by atoms with Crippen LogP contribution in [0.15, 0.2) is 171 Å². The molecule has 0 saturated heterocycles. The number of hydrogen-bond donors (Lipinski definition) is 0. The lowest BCUT2D eigenvalue weighted by Gasteiger charge is -2.32. The van der Waals surface area contributed by atoms with E-state index in [4.69, 9.17) is 29.4 Å². The van der Waals surface area contributed by atoms with Crippen molar-refractivity contribution in [2.24, 2.45) is 21.7 Å². The van der Waals surface area contributed by atoms with Crippen LogP contribution in [0.25, 0.3) is 66.7 Å². The second-order valence-corrected chi connectivity index (χ2v) is 33.6. The van der Waals surface area contributed by atoms with Gasteiger partial charge >= 0.3 is 0 Å². The summed E-state index contributed by atoms with van der Waals surface area (Å²) < 4.78 is 77.3. The topological polar surface area (TPSA) is 204 Å². The van der Waals surface area contributed by atoms with Crippen LogP contribution in [0.3, 0.4) is 0 Å². The summed E-state index contributed by atoms with van der Waals surface area (Å²) in [6.45, 7) is 24.6. The molecule has 0 N–H and O–H groups in total. The number of nitrogens with zero attached hydrogens (tertiary/aromatic N) is 20. The first-order valence-corrected chi connectivity index (χ1v) is 40.0. The van der Waals surface area contributed by atoms with Gasteiger partial charge < -0.3 is 29.1 Å². The van der Waals surface area contributed by atoms with E-state index in [1.807, 2.05) is 70.5 Å². The summed E-state index contributed by atoms with van der Waals surface area (Å²) in [5, 5.41) is 34.6. The van der Waals surface area contributed by atoms with Crippen LogP contribution in [-0.4, -0.2) is 118 Å². The Bertz CT molecular complexity index is 6670. The Morgan fingerprint density at radius 3 is 1.12 bits per heavy atom. The Hall–Kier alpha value is -14.2. The normalized spacial score (nSPS) is 14.6. The van der Waals surface area contributed by atoms with Crippen molar-refractivity contribution >= 4 is 113 Å². The van der Waals surface area contributed by atoms with Crippen molar-refractivity contribution in [2.75, 3.05) is 59.0 Å². The summed E-state index contributed by atoms with van der Waals surface area (Å²) in [5.74, 6) is 31.0. The quantitative estimate of drug-likeness (QED) is 0.119. The fourth-order valence-electron chi connectivity index (χ4n) is 15.3. The van der Waals surface area contributed by atoms with Crippen LogP contribution in [-0.2, 0) is 12.8 Å². The molecule has 26 heteroatoms. The van der Waals surface area contributed by atoms with Crippen LogP contribution in [0.2, 0.25) is 0 Å². The van der Waals surface area contributed by atoms with Crippen LogP contribution in [0.1, 0.15) is 128 Å². The molecular formula is C94H82F4N20O2. The largest absolute Gasteiger partial charge is 0.488 e. The maximum absolute atomic E-state index is 15.0. The minimum absolute atomic E-state index is 0.0727. The summed E-state index contributed by atoms with van der Waals surface area (Å²) in [4.78, 5) is 27.1. The average molecular weight is 1600 g/mol. The van der Waals surface area contributed by atoms with E-state index in [0.717, 1.165) is 94.8 Å². The van der Waals surface area contributed by atoms with Crippen LogP contribution < -0.4 is 29.1 Å². The van der Waals surface area contributed by atoms with Gasteiger partial charge in [-0.05, 0) is 228 Å². The van der Waals surface area contributed by atoms with Crippen molar-refractivity contribution in [3.63, 3.8) is 0 Å². The number of para-hydroxylation sites is 2. The molecule has 1 fully saturated rings. The van der Waals surface area contributed by atoms with Gasteiger partial charge in [0.15, 0.2) is 11.5 Å². The smallest absolute Gasteiger partial charge is 0.257 e. The Kier molecular flexibility index (Phi) is 19.7. The Morgan fingerprint density at radius 2 is 0.725 bits per heavy atom. The molecule has 1 aliphatic carbocycles. The zero-order valence-corrected chi connectivity index (χ0v) is 67.9. The highest BCUT2D eigenvalue weighted by Gasteiger charge is 2.36. The summed E-state index contributed by atoms with van der Waals surface area (Å²) in [5.41, 5.74) is 12.8. The molecule has 8 aromatic carbocycles. The van der Waals surface area contributed by atoms with Crippen molar-refractivity contribution in [3.05, 3.63) is 228 Å². The van der Waals surface area contributed by atoms with Gasteiger partial charge in [-0.25, -0.2) is 17.6 Å². The lowest BCUT2D eigenvalue weighted by atomic mass is 9.93. The van der Waals surface area contributed by atoms with Crippen molar-refractivity contribution in [1.29, 1.82) is 0 Å². The van der Waals surface area contributed by atoms with Gasteiger partial charge in [0.1, 0.15) is 85.1 Å². The summed E-state index contributed by atoms with van der Waals surface area (Å²) in [6, 6.07) is 43.5.